The van der Waals surface area contributed by atoms with Gasteiger partial charge in [0, 0.05) is 20.2 Å². The highest BCUT2D eigenvalue weighted by molar-refractivity contribution is 5.78. The van der Waals surface area contributed by atoms with Crippen molar-refractivity contribution in [2.24, 2.45) is 0 Å². The Balaban J connectivity index is 2.29. The molecule has 1 N–H and O–H groups in total. The lowest BCUT2D eigenvalue weighted by atomic mass is 10.3. The second-order valence-electron chi connectivity index (χ2n) is 2.69. The molecule has 1 fully saturated rings. The van der Waals surface area contributed by atoms with Crippen LogP contribution < -0.4 is 0 Å². The summed E-state index contributed by atoms with van der Waals surface area (Å²) >= 11 is 0. The van der Waals surface area contributed by atoms with Gasteiger partial charge in [-0.2, -0.15) is 0 Å². The van der Waals surface area contributed by atoms with Gasteiger partial charge in [-0.1, -0.05) is 0 Å². The van der Waals surface area contributed by atoms with Crippen LogP contribution in [0.4, 0.5) is 0 Å². The molecule has 0 unspecified atom stereocenters. The smallest absolute Gasteiger partial charge is 0.225 e. The maximum absolute atomic E-state index is 11.0. The molecule has 4 nitrogen and oxygen atoms in total. The van der Waals surface area contributed by atoms with Gasteiger partial charge >= 0.3 is 0 Å². The third-order valence-electron chi connectivity index (χ3n) is 1.76. The fourth-order valence-electron chi connectivity index (χ4n) is 1.17. The normalized spacial score (nSPS) is 24.7. The second-order valence-corrected chi connectivity index (χ2v) is 2.69. The zero-order chi connectivity index (χ0) is 8.27. The highest BCUT2D eigenvalue weighted by Gasteiger charge is 2.26. The highest BCUT2D eigenvalue weighted by Crippen LogP contribution is 2.09. The molecule has 0 aromatic rings. The number of ether oxygens (including phenoxy) is 1. The molecular formula is C7H13NO3. The molecule has 1 atom stereocenters. The monoisotopic (exact) mass is 159 g/mol. The number of hydrogen-bond donors (Lipinski definition) is 1. The van der Waals surface area contributed by atoms with Crippen LogP contribution in [0, 0.1) is 0 Å². The molecule has 1 heterocycles. The first-order valence-electron chi connectivity index (χ1n) is 3.69. The van der Waals surface area contributed by atoms with Gasteiger partial charge in [0.1, 0.15) is 0 Å². The van der Waals surface area contributed by atoms with Gasteiger partial charge in [-0.25, -0.2) is 0 Å². The van der Waals surface area contributed by atoms with E-state index in [1.807, 2.05) is 0 Å². The van der Waals surface area contributed by atoms with Crippen molar-refractivity contribution in [3.05, 3.63) is 0 Å². The molecule has 1 rings (SSSR count). The first kappa shape index (κ1) is 8.49. The van der Waals surface area contributed by atoms with E-state index in [9.17, 15) is 4.79 Å². The van der Waals surface area contributed by atoms with Gasteiger partial charge in [0.25, 0.3) is 0 Å². The van der Waals surface area contributed by atoms with Gasteiger partial charge in [-0.05, 0) is 0 Å². The van der Waals surface area contributed by atoms with Crippen molar-refractivity contribution in [3.63, 3.8) is 0 Å². The molecular weight excluding hydrogens is 146 g/mol. The second kappa shape index (κ2) is 3.69. The average Bonchev–Trinajstić information content (AvgIpc) is 2.26. The van der Waals surface area contributed by atoms with Crippen LogP contribution in [0.1, 0.15) is 6.42 Å². The maximum Gasteiger partial charge on any atom is 0.225 e. The molecule has 0 radical (unpaired) electrons. The van der Waals surface area contributed by atoms with Crippen LogP contribution in [0.25, 0.3) is 0 Å². The lowest BCUT2D eigenvalue weighted by Gasteiger charge is -2.14. The number of nitrogens with zero attached hydrogens (tertiary/aromatic N) is 1. The van der Waals surface area contributed by atoms with E-state index in [1.165, 1.54) is 0 Å². The quantitative estimate of drug-likeness (QED) is 0.588. The maximum atomic E-state index is 11.0. The van der Waals surface area contributed by atoms with Gasteiger partial charge in [-0.15, -0.1) is 0 Å². The number of β-amino-alcohol motifs (C(OH)–C–C–N with tert-alkyl or cyclic N) is 1. The van der Waals surface area contributed by atoms with Crippen LogP contribution in [0.3, 0.4) is 0 Å². The molecule has 0 aromatic heterocycles. The number of carbonyl (C=O) groups is 1. The Morgan fingerprint density at radius 3 is 3.00 bits per heavy atom. The van der Waals surface area contributed by atoms with Crippen LogP contribution in [0.5, 0.6) is 0 Å². The van der Waals surface area contributed by atoms with E-state index >= 15 is 0 Å². The summed E-state index contributed by atoms with van der Waals surface area (Å²) in [7, 11) is 1.59. The third kappa shape index (κ3) is 2.17. The lowest BCUT2D eigenvalue weighted by Crippen LogP contribution is -2.29. The number of likely N-dealkylation sites (tertiary alicyclic amines) is 1. The van der Waals surface area contributed by atoms with Crippen LogP contribution in [0.15, 0.2) is 0 Å². The Kier molecular flexibility index (Phi) is 2.84. The highest BCUT2D eigenvalue weighted by atomic mass is 16.5. The molecule has 0 saturated carbocycles. The van der Waals surface area contributed by atoms with E-state index in [0.717, 1.165) is 0 Å². The van der Waals surface area contributed by atoms with E-state index in [0.29, 0.717) is 19.7 Å². The van der Waals surface area contributed by atoms with E-state index in [4.69, 9.17) is 9.84 Å². The summed E-state index contributed by atoms with van der Waals surface area (Å²) in [4.78, 5) is 12.6. The van der Waals surface area contributed by atoms with Crippen molar-refractivity contribution in [2.45, 2.75) is 12.5 Å². The van der Waals surface area contributed by atoms with E-state index in [1.54, 1.807) is 12.0 Å². The van der Waals surface area contributed by atoms with Gasteiger partial charge in [0.05, 0.1) is 19.1 Å². The van der Waals surface area contributed by atoms with Crippen molar-refractivity contribution in [1.82, 2.24) is 4.90 Å². The van der Waals surface area contributed by atoms with Crippen molar-refractivity contribution in [1.29, 1.82) is 0 Å². The fraction of sp³-hybridized carbons (Fsp3) is 0.857. The molecule has 0 aromatic carbocycles. The Labute approximate surface area is 65.8 Å². The molecule has 64 valence electrons. The summed E-state index contributed by atoms with van der Waals surface area (Å²) < 4.78 is 4.81. The molecule has 0 bridgehead atoms. The summed E-state index contributed by atoms with van der Waals surface area (Å²) in [6.07, 6.45) is -0.205. The topological polar surface area (TPSA) is 49.8 Å². The van der Waals surface area contributed by atoms with E-state index < -0.39 is 6.10 Å². The van der Waals surface area contributed by atoms with Gasteiger partial charge in [-0.3, -0.25) is 4.79 Å². The summed E-state index contributed by atoms with van der Waals surface area (Å²) in [6, 6.07) is 0. The number of carbonyl (C=O) groups excluding carboxylic acids is 1. The molecule has 0 aliphatic carbocycles. The van der Waals surface area contributed by atoms with Crippen LogP contribution in [0.2, 0.25) is 0 Å². The van der Waals surface area contributed by atoms with Crippen molar-refractivity contribution in [2.75, 3.05) is 26.8 Å². The number of aliphatic hydroxyl groups excluding tert-OH is 1. The first-order valence-corrected chi connectivity index (χ1v) is 3.69. The molecule has 1 aliphatic rings. The number of amides is 1. The summed E-state index contributed by atoms with van der Waals surface area (Å²) in [5.74, 6) is 0.0227. The predicted octanol–water partition coefficient (Wildman–Crippen LogP) is -0.774. The summed E-state index contributed by atoms with van der Waals surface area (Å²) in [5.41, 5.74) is 0. The van der Waals surface area contributed by atoms with E-state index in [2.05, 4.69) is 0 Å². The van der Waals surface area contributed by atoms with Crippen LogP contribution in [-0.2, 0) is 9.53 Å². The minimum Gasteiger partial charge on any atom is -0.391 e. The largest absolute Gasteiger partial charge is 0.391 e. The number of aliphatic hydroxyl groups is 1. The minimum atomic E-state index is -0.473. The van der Waals surface area contributed by atoms with Crippen LogP contribution >= 0.6 is 0 Å². The Bertz CT molecular complexity index is 149. The van der Waals surface area contributed by atoms with Gasteiger partial charge in [0.15, 0.2) is 0 Å². The zero-order valence-corrected chi connectivity index (χ0v) is 6.62. The average molecular weight is 159 g/mol. The minimum absolute atomic E-state index is 0.0227. The van der Waals surface area contributed by atoms with Crippen LogP contribution in [-0.4, -0.2) is 48.8 Å². The van der Waals surface area contributed by atoms with E-state index in [-0.39, 0.29) is 12.3 Å². The molecule has 1 aliphatic heterocycles. The van der Waals surface area contributed by atoms with Crippen molar-refractivity contribution < 1.29 is 14.6 Å². The number of methoxy groups -OCH3 is 1. The van der Waals surface area contributed by atoms with Crippen molar-refractivity contribution >= 4 is 5.91 Å². The zero-order valence-electron chi connectivity index (χ0n) is 6.62. The molecule has 11 heavy (non-hydrogen) atoms. The predicted molar refractivity (Wildman–Crippen MR) is 39.1 cm³/mol. The van der Waals surface area contributed by atoms with Gasteiger partial charge in [0.2, 0.25) is 5.91 Å². The molecule has 1 amide bonds. The molecule has 4 heteroatoms. The lowest BCUT2D eigenvalue weighted by molar-refractivity contribution is -0.128. The molecule has 0 spiro atoms. The summed E-state index contributed by atoms with van der Waals surface area (Å²) in [5, 5.41) is 9.07. The van der Waals surface area contributed by atoms with Crippen molar-refractivity contribution in [3.8, 4) is 0 Å². The number of rotatable bonds is 3. The third-order valence-corrected chi connectivity index (χ3v) is 1.76. The summed E-state index contributed by atoms with van der Waals surface area (Å²) in [6.45, 7) is 1.59. The Morgan fingerprint density at radius 2 is 2.55 bits per heavy atom. The Morgan fingerprint density at radius 1 is 1.82 bits per heavy atom. The molecule has 1 saturated heterocycles. The first-order chi connectivity index (χ1) is 5.24. The fourth-order valence-corrected chi connectivity index (χ4v) is 1.17. The SMILES string of the molecule is COCCN1C[C@H](O)CC1=O. The standard InChI is InChI=1S/C7H13NO3/c1-11-3-2-8-5-6(9)4-7(8)10/h6,9H,2-5H2,1H3/t6-/m1/s1. The Hall–Kier alpha value is -0.610. The van der Waals surface area contributed by atoms with Gasteiger partial charge < -0.3 is 14.7 Å². The number of hydrogen-bond acceptors (Lipinski definition) is 3.